The van der Waals surface area contributed by atoms with E-state index in [0.29, 0.717) is 11.5 Å². The highest BCUT2D eigenvalue weighted by Crippen LogP contribution is 2.06. The van der Waals surface area contributed by atoms with Crippen molar-refractivity contribution in [3.63, 3.8) is 0 Å². The standard InChI is InChI=1S/C10H11N5O/c1-7-5-12-15(6-7)9-4-2-3-8(13-9)10(11)14-16/h2-6,16H,1H3,(H2,11,14). The number of aryl methyl sites for hydroxylation is 1. The first-order valence-corrected chi connectivity index (χ1v) is 4.67. The number of nitrogens with two attached hydrogens (primary N) is 1. The van der Waals surface area contributed by atoms with Crippen molar-refractivity contribution in [2.75, 3.05) is 0 Å². The summed E-state index contributed by atoms with van der Waals surface area (Å²) in [5.41, 5.74) is 6.90. The summed E-state index contributed by atoms with van der Waals surface area (Å²) < 4.78 is 1.63. The van der Waals surface area contributed by atoms with Crippen molar-refractivity contribution < 1.29 is 5.21 Å². The fourth-order valence-corrected chi connectivity index (χ4v) is 1.28. The molecule has 16 heavy (non-hydrogen) atoms. The van der Waals surface area contributed by atoms with Gasteiger partial charge in [-0.2, -0.15) is 5.10 Å². The fourth-order valence-electron chi connectivity index (χ4n) is 1.28. The first-order valence-electron chi connectivity index (χ1n) is 4.67. The van der Waals surface area contributed by atoms with E-state index in [1.807, 2.05) is 13.1 Å². The number of amidine groups is 1. The Morgan fingerprint density at radius 3 is 2.94 bits per heavy atom. The maximum atomic E-state index is 8.55. The molecule has 2 heterocycles. The van der Waals surface area contributed by atoms with Crippen LogP contribution < -0.4 is 5.73 Å². The second kappa shape index (κ2) is 4.01. The van der Waals surface area contributed by atoms with Gasteiger partial charge in [0.1, 0.15) is 5.69 Å². The van der Waals surface area contributed by atoms with Crippen LogP contribution in [0.3, 0.4) is 0 Å². The predicted octanol–water partition coefficient (Wildman–Crippen LogP) is 0.670. The molecule has 0 saturated heterocycles. The van der Waals surface area contributed by atoms with Crippen LogP contribution in [0.4, 0.5) is 0 Å². The molecule has 0 fully saturated rings. The Hall–Kier alpha value is -2.37. The maximum Gasteiger partial charge on any atom is 0.188 e. The quantitative estimate of drug-likeness (QED) is 0.335. The van der Waals surface area contributed by atoms with Gasteiger partial charge in [-0.3, -0.25) is 0 Å². The number of hydrogen-bond donors (Lipinski definition) is 2. The van der Waals surface area contributed by atoms with Crippen molar-refractivity contribution in [3.05, 3.63) is 41.9 Å². The Labute approximate surface area is 92.0 Å². The van der Waals surface area contributed by atoms with E-state index in [9.17, 15) is 0 Å². The van der Waals surface area contributed by atoms with Gasteiger partial charge in [-0.25, -0.2) is 9.67 Å². The van der Waals surface area contributed by atoms with Crippen LogP contribution >= 0.6 is 0 Å². The van der Waals surface area contributed by atoms with Gasteiger partial charge in [-0.1, -0.05) is 11.2 Å². The number of pyridine rings is 1. The van der Waals surface area contributed by atoms with Crippen LogP contribution in [0, 0.1) is 6.92 Å². The lowest BCUT2D eigenvalue weighted by Gasteiger charge is -2.02. The van der Waals surface area contributed by atoms with Gasteiger partial charge in [0.15, 0.2) is 11.7 Å². The lowest BCUT2D eigenvalue weighted by molar-refractivity contribution is 0.318. The maximum absolute atomic E-state index is 8.55. The Morgan fingerprint density at radius 1 is 1.50 bits per heavy atom. The highest BCUT2D eigenvalue weighted by atomic mass is 16.4. The van der Waals surface area contributed by atoms with E-state index in [1.54, 1.807) is 29.1 Å². The Morgan fingerprint density at radius 2 is 2.31 bits per heavy atom. The van der Waals surface area contributed by atoms with E-state index in [0.717, 1.165) is 5.56 Å². The summed E-state index contributed by atoms with van der Waals surface area (Å²) in [6.07, 6.45) is 3.58. The third-order valence-corrected chi connectivity index (χ3v) is 2.05. The third-order valence-electron chi connectivity index (χ3n) is 2.05. The molecular weight excluding hydrogens is 206 g/mol. The Kier molecular flexibility index (Phi) is 2.55. The highest BCUT2D eigenvalue weighted by molar-refractivity contribution is 5.95. The van der Waals surface area contributed by atoms with Gasteiger partial charge < -0.3 is 10.9 Å². The summed E-state index contributed by atoms with van der Waals surface area (Å²) in [5.74, 6) is 0.600. The topological polar surface area (TPSA) is 89.3 Å². The van der Waals surface area contributed by atoms with E-state index in [2.05, 4.69) is 15.2 Å². The molecule has 2 rings (SSSR count). The summed E-state index contributed by atoms with van der Waals surface area (Å²) in [6.45, 7) is 1.94. The van der Waals surface area contributed by atoms with Crippen molar-refractivity contribution in [1.29, 1.82) is 0 Å². The molecule has 0 aromatic carbocycles. The molecule has 2 aromatic heterocycles. The molecule has 0 atom stereocenters. The van der Waals surface area contributed by atoms with Gasteiger partial charge in [0.25, 0.3) is 0 Å². The van der Waals surface area contributed by atoms with Gasteiger partial charge in [0, 0.05) is 6.20 Å². The van der Waals surface area contributed by atoms with Crippen LogP contribution in [0.5, 0.6) is 0 Å². The normalized spacial score (nSPS) is 11.7. The monoisotopic (exact) mass is 217 g/mol. The van der Waals surface area contributed by atoms with Gasteiger partial charge in [-0.05, 0) is 24.6 Å². The van der Waals surface area contributed by atoms with E-state index in [-0.39, 0.29) is 5.84 Å². The van der Waals surface area contributed by atoms with Gasteiger partial charge in [0.05, 0.1) is 6.20 Å². The number of hydrogen-bond acceptors (Lipinski definition) is 4. The molecule has 0 radical (unpaired) electrons. The molecule has 0 saturated carbocycles. The van der Waals surface area contributed by atoms with Crippen molar-refractivity contribution in [2.45, 2.75) is 6.92 Å². The molecule has 6 heteroatoms. The summed E-state index contributed by atoms with van der Waals surface area (Å²) in [7, 11) is 0. The molecule has 0 spiro atoms. The van der Waals surface area contributed by atoms with Crippen LogP contribution in [0.1, 0.15) is 11.3 Å². The van der Waals surface area contributed by atoms with Crippen molar-refractivity contribution >= 4 is 5.84 Å². The third kappa shape index (κ3) is 1.85. The zero-order chi connectivity index (χ0) is 11.5. The van der Waals surface area contributed by atoms with Crippen molar-refractivity contribution in [2.24, 2.45) is 10.9 Å². The van der Waals surface area contributed by atoms with Crippen LogP contribution in [-0.4, -0.2) is 25.8 Å². The van der Waals surface area contributed by atoms with Crippen molar-refractivity contribution in [1.82, 2.24) is 14.8 Å². The first-order chi connectivity index (χ1) is 7.70. The van der Waals surface area contributed by atoms with E-state index in [4.69, 9.17) is 10.9 Å². The molecule has 0 bridgehead atoms. The zero-order valence-electron chi connectivity index (χ0n) is 8.70. The summed E-state index contributed by atoms with van der Waals surface area (Å²) in [6, 6.07) is 5.22. The average Bonchev–Trinajstić information content (AvgIpc) is 2.75. The van der Waals surface area contributed by atoms with E-state index >= 15 is 0 Å². The van der Waals surface area contributed by atoms with E-state index < -0.39 is 0 Å². The minimum absolute atomic E-state index is 0.0225. The number of nitrogens with zero attached hydrogens (tertiary/aromatic N) is 4. The van der Waals surface area contributed by atoms with E-state index in [1.165, 1.54) is 0 Å². The second-order valence-electron chi connectivity index (χ2n) is 3.33. The number of oxime groups is 1. The fraction of sp³-hybridized carbons (Fsp3) is 0.100. The van der Waals surface area contributed by atoms with Crippen LogP contribution in [0.25, 0.3) is 5.82 Å². The molecule has 3 N–H and O–H groups in total. The SMILES string of the molecule is Cc1cnn(-c2cccc(C(N)=NO)n2)c1. The molecule has 0 aliphatic carbocycles. The molecular formula is C10H11N5O. The van der Waals surface area contributed by atoms with Crippen LogP contribution in [0.2, 0.25) is 0 Å². The molecule has 0 aliphatic heterocycles. The Balaban J connectivity index is 2.43. The van der Waals surface area contributed by atoms with Crippen LogP contribution in [-0.2, 0) is 0 Å². The predicted molar refractivity (Wildman–Crippen MR) is 58.6 cm³/mol. The Bertz CT molecular complexity index is 532. The van der Waals surface area contributed by atoms with Gasteiger partial charge in [-0.15, -0.1) is 0 Å². The summed E-state index contributed by atoms with van der Waals surface area (Å²) >= 11 is 0. The average molecular weight is 217 g/mol. The van der Waals surface area contributed by atoms with Gasteiger partial charge >= 0.3 is 0 Å². The van der Waals surface area contributed by atoms with Crippen molar-refractivity contribution in [3.8, 4) is 5.82 Å². The highest BCUT2D eigenvalue weighted by Gasteiger charge is 2.04. The second-order valence-corrected chi connectivity index (χ2v) is 3.33. The lowest BCUT2D eigenvalue weighted by atomic mass is 10.3. The number of rotatable bonds is 2. The molecule has 6 nitrogen and oxygen atoms in total. The smallest absolute Gasteiger partial charge is 0.188 e. The minimum atomic E-state index is -0.0225. The summed E-state index contributed by atoms with van der Waals surface area (Å²) in [4.78, 5) is 4.21. The molecule has 0 unspecified atom stereocenters. The number of aromatic nitrogens is 3. The first kappa shape index (κ1) is 10.2. The minimum Gasteiger partial charge on any atom is -0.409 e. The molecule has 0 amide bonds. The molecule has 0 aliphatic rings. The lowest BCUT2D eigenvalue weighted by Crippen LogP contribution is -2.16. The summed E-state index contributed by atoms with van der Waals surface area (Å²) in [5, 5.41) is 15.6. The van der Waals surface area contributed by atoms with Crippen LogP contribution in [0.15, 0.2) is 35.7 Å². The largest absolute Gasteiger partial charge is 0.409 e. The van der Waals surface area contributed by atoms with Gasteiger partial charge in [0.2, 0.25) is 0 Å². The molecule has 2 aromatic rings. The zero-order valence-corrected chi connectivity index (χ0v) is 8.70. The molecule has 82 valence electrons.